The molecule has 0 bridgehead atoms. The third kappa shape index (κ3) is 4.78. The molecule has 0 spiro atoms. The van der Waals surface area contributed by atoms with Crippen LogP contribution < -0.4 is 9.47 Å². The van der Waals surface area contributed by atoms with Crippen molar-refractivity contribution in [3.05, 3.63) is 23.8 Å². The van der Waals surface area contributed by atoms with Crippen molar-refractivity contribution in [3.8, 4) is 11.5 Å². The molecule has 0 aliphatic rings. The summed E-state index contributed by atoms with van der Waals surface area (Å²) in [5.74, 6) is 1.72. The zero-order valence-electron chi connectivity index (χ0n) is 11.7. The van der Waals surface area contributed by atoms with Crippen LogP contribution in [-0.2, 0) is 11.2 Å². The van der Waals surface area contributed by atoms with Crippen LogP contribution in [0.2, 0.25) is 0 Å². The normalized spacial score (nSPS) is 10.5. The van der Waals surface area contributed by atoms with Gasteiger partial charge in [-0.2, -0.15) is 0 Å². The van der Waals surface area contributed by atoms with Gasteiger partial charge in [0.1, 0.15) is 5.78 Å². The molecular formula is C15H22O3. The van der Waals surface area contributed by atoms with E-state index < -0.39 is 0 Å². The van der Waals surface area contributed by atoms with Crippen LogP contribution >= 0.6 is 0 Å². The molecule has 0 aliphatic heterocycles. The number of Topliss-reactive ketones (excluding diaryl/α,β-unsaturated/α-hetero) is 1. The summed E-state index contributed by atoms with van der Waals surface area (Å²) in [6.45, 7) is 8.13. The maximum atomic E-state index is 11.0. The molecule has 0 amide bonds. The second-order valence-corrected chi connectivity index (χ2v) is 4.58. The lowest BCUT2D eigenvalue weighted by molar-refractivity contribution is -0.116. The summed E-state index contributed by atoms with van der Waals surface area (Å²) in [4.78, 5) is 11.0. The molecule has 0 heterocycles. The van der Waals surface area contributed by atoms with Gasteiger partial charge in [-0.1, -0.05) is 6.07 Å². The van der Waals surface area contributed by atoms with Gasteiger partial charge in [-0.3, -0.25) is 0 Å². The Morgan fingerprint density at radius 3 is 2.56 bits per heavy atom. The first kappa shape index (κ1) is 14.6. The van der Waals surface area contributed by atoms with Gasteiger partial charge in [-0.15, -0.1) is 0 Å². The second-order valence-electron chi connectivity index (χ2n) is 4.58. The molecular weight excluding hydrogens is 228 g/mol. The van der Waals surface area contributed by atoms with Gasteiger partial charge in [0.15, 0.2) is 11.5 Å². The predicted octanol–water partition coefficient (Wildman–Crippen LogP) is 3.39. The van der Waals surface area contributed by atoms with Gasteiger partial charge in [0.05, 0.1) is 12.7 Å². The minimum absolute atomic E-state index is 0.118. The van der Waals surface area contributed by atoms with E-state index in [1.165, 1.54) is 0 Å². The summed E-state index contributed by atoms with van der Waals surface area (Å²) in [6, 6.07) is 5.87. The molecule has 0 aliphatic carbocycles. The number of ether oxygens (including phenoxy) is 2. The number of carbonyl (C=O) groups excluding carboxylic acids is 1. The molecule has 0 unspecified atom stereocenters. The summed E-state index contributed by atoms with van der Waals surface area (Å²) in [7, 11) is 0. The Balaban J connectivity index is 2.84. The van der Waals surface area contributed by atoms with Gasteiger partial charge in [0.25, 0.3) is 0 Å². The smallest absolute Gasteiger partial charge is 0.161 e. The Morgan fingerprint density at radius 1 is 1.28 bits per heavy atom. The van der Waals surface area contributed by atoms with Crippen LogP contribution in [0.15, 0.2) is 18.2 Å². The van der Waals surface area contributed by atoms with Gasteiger partial charge >= 0.3 is 0 Å². The summed E-state index contributed by atoms with van der Waals surface area (Å²) in [5, 5.41) is 0. The molecule has 3 heteroatoms. The number of ketones is 1. The molecule has 0 aromatic heterocycles. The average molecular weight is 250 g/mol. The topological polar surface area (TPSA) is 35.5 Å². The summed E-state index contributed by atoms with van der Waals surface area (Å²) >= 11 is 0. The van der Waals surface area contributed by atoms with Crippen molar-refractivity contribution in [2.24, 2.45) is 0 Å². The van der Waals surface area contributed by atoms with E-state index >= 15 is 0 Å². The number of hydrogen-bond acceptors (Lipinski definition) is 3. The van der Waals surface area contributed by atoms with Crippen molar-refractivity contribution in [3.63, 3.8) is 0 Å². The second kappa shape index (κ2) is 7.04. The predicted molar refractivity (Wildman–Crippen MR) is 72.4 cm³/mol. The Bertz CT molecular complexity index is 397. The molecule has 0 radical (unpaired) electrons. The van der Waals surface area contributed by atoms with Crippen LogP contribution in [0.3, 0.4) is 0 Å². The molecule has 100 valence electrons. The number of rotatable bonds is 7. The lowest BCUT2D eigenvalue weighted by atomic mass is 10.1. The van der Waals surface area contributed by atoms with Crippen molar-refractivity contribution in [2.45, 2.75) is 46.6 Å². The van der Waals surface area contributed by atoms with Gasteiger partial charge in [0.2, 0.25) is 0 Å². The SMILES string of the molecule is CCOc1cc(CCC(C)=O)ccc1OC(C)C. The highest BCUT2D eigenvalue weighted by Crippen LogP contribution is 2.29. The van der Waals surface area contributed by atoms with E-state index in [-0.39, 0.29) is 11.9 Å². The molecule has 18 heavy (non-hydrogen) atoms. The van der Waals surface area contributed by atoms with Crippen LogP contribution in [0.25, 0.3) is 0 Å². The lowest BCUT2D eigenvalue weighted by Crippen LogP contribution is -2.07. The zero-order valence-corrected chi connectivity index (χ0v) is 11.7. The monoisotopic (exact) mass is 250 g/mol. The third-order valence-electron chi connectivity index (χ3n) is 2.44. The molecule has 0 saturated heterocycles. The fourth-order valence-corrected chi connectivity index (χ4v) is 1.65. The van der Waals surface area contributed by atoms with Crippen LogP contribution in [0, 0.1) is 0 Å². The van der Waals surface area contributed by atoms with Gasteiger partial charge in [-0.05, 0) is 51.8 Å². The van der Waals surface area contributed by atoms with Crippen molar-refractivity contribution < 1.29 is 14.3 Å². The minimum atomic E-state index is 0.118. The van der Waals surface area contributed by atoms with E-state index in [9.17, 15) is 4.79 Å². The fraction of sp³-hybridized carbons (Fsp3) is 0.533. The van der Waals surface area contributed by atoms with E-state index in [1.54, 1.807) is 6.92 Å². The Hall–Kier alpha value is -1.51. The molecule has 0 atom stereocenters. The fourth-order valence-electron chi connectivity index (χ4n) is 1.65. The lowest BCUT2D eigenvalue weighted by Gasteiger charge is -2.15. The highest BCUT2D eigenvalue weighted by Gasteiger charge is 2.08. The first-order chi connectivity index (χ1) is 8.52. The number of hydrogen-bond donors (Lipinski definition) is 0. The molecule has 1 aromatic rings. The maximum Gasteiger partial charge on any atom is 0.161 e. The van der Waals surface area contributed by atoms with Gasteiger partial charge in [0, 0.05) is 6.42 Å². The molecule has 1 rings (SSSR count). The summed E-state index contributed by atoms with van der Waals surface area (Å²) < 4.78 is 11.3. The summed E-state index contributed by atoms with van der Waals surface area (Å²) in [6.07, 6.45) is 1.43. The molecule has 3 nitrogen and oxygen atoms in total. The Morgan fingerprint density at radius 2 is 2.00 bits per heavy atom. The Kier molecular flexibility index (Phi) is 5.69. The van der Waals surface area contributed by atoms with E-state index in [4.69, 9.17) is 9.47 Å². The highest BCUT2D eigenvalue weighted by molar-refractivity contribution is 5.75. The quantitative estimate of drug-likeness (QED) is 0.744. The first-order valence-electron chi connectivity index (χ1n) is 6.44. The van der Waals surface area contributed by atoms with Crippen molar-refractivity contribution in [2.75, 3.05) is 6.61 Å². The zero-order chi connectivity index (χ0) is 13.5. The average Bonchev–Trinajstić information content (AvgIpc) is 2.29. The van der Waals surface area contributed by atoms with Gasteiger partial charge in [-0.25, -0.2) is 0 Å². The largest absolute Gasteiger partial charge is 0.490 e. The van der Waals surface area contributed by atoms with Crippen LogP contribution in [0.4, 0.5) is 0 Å². The first-order valence-corrected chi connectivity index (χ1v) is 6.44. The van der Waals surface area contributed by atoms with E-state index in [0.29, 0.717) is 13.0 Å². The maximum absolute atomic E-state index is 11.0. The van der Waals surface area contributed by atoms with Crippen molar-refractivity contribution in [1.29, 1.82) is 0 Å². The standard InChI is InChI=1S/C15H22O3/c1-5-17-15-10-13(7-6-12(4)16)8-9-14(15)18-11(2)3/h8-11H,5-7H2,1-4H3. The Labute approximate surface area is 109 Å². The van der Waals surface area contributed by atoms with Crippen molar-refractivity contribution in [1.82, 2.24) is 0 Å². The molecule has 0 saturated carbocycles. The molecule has 0 fully saturated rings. The van der Waals surface area contributed by atoms with Crippen molar-refractivity contribution >= 4 is 5.78 Å². The number of carbonyl (C=O) groups is 1. The highest BCUT2D eigenvalue weighted by atomic mass is 16.5. The number of aryl methyl sites for hydroxylation is 1. The van der Waals surface area contributed by atoms with Crippen LogP contribution in [0.1, 0.15) is 39.7 Å². The number of benzene rings is 1. The van der Waals surface area contributed by atoms with E-state index in [1.807, 2.05) is 39.0 Å². The van der Waals surface area contributed by atoms with E-state index in [2.05, 4.69) is 0 Å². The van der Waals surface area contributed by atoms with Crippen LogP contribution in [-0.4, -0.2) is 18.5 Å². The van der Waals surface area contributed by atoms with Gasteiger partial charge < -0.3 is 14.3 Å². The molecule has 0 N–H and O–H groups in total. The third-order valence-corrected chi connectivity index (χ3v) is 2.44. The van der Waals surface area contributed by atoms with Crippen LogP contribution in [0.5, 0.6) is 11.5 Å². The minimum Gasteiger partial charge on any atom is -0.490 e. The summed E-state index contributed by atoms with van der Waals surface area (Å²) in [5.41, 5.74) is 1.10. The molecule has 1 aromatic carbocycles. The van der Waals surface area contributed by atoms with E-state index in [0.717, 1.165) is 23.5 Å².